The highest BCUT2D eigenvalue weighted by Gasteiger charge is 2.08. The molecular formula is C21H21N3O2. The monoisotopic (exact) mass is 347 g/mol. The number of hydrogen-bond donors (Lipinski definition) is 1. The molecule has 1 N–H and O–H groups in total. The van der Waals surface area contributed by atoms with Crippen LogP contribution in [0.5, 0.6) is 5.75 Å². The van der Waals surface area contributed by atoms with Gasteiger partial charge in [-0.3, -0.25) is 9.78 Å². The van der Waals surface area contributed by atoms with Crippen LogP contribution in [0.1, 0.15) is 31.1 Å². The number of nitrogens with one attached hydrogen (secondary N) is 1. The fourth-order valence-electron chi connectivity index (χ4n) is 2.58. The first-order valence-corrected chi connectivity index (χ1v) is 8.59. The molecule has 1 unspecified atom stereocenters. The lowest BCUT2D eigenvalue weighted by Crippen LogP contribution is -2.24. The van der Waals surface area contributed by atoms with Crippen molar-refractivity contribution in [2.45, 2.75) is 19.9 Å². The van der Waals surface area contributed by atoms with Crippen molar-refractivity contribution in [1.29, 1.82) is 0 Å². The van der Waals surface area contributed by atoms with Crippen molar-refractivity contribution in [3.05, 3.63) is 72.1 Å². The summed E-state index contributed by atoms with van der Waals surface area (Å²) in [5, 5.41) is 2.94. The molecular weight excluding hydrogens is 326 g/mol. The van der Waals surface area contributed by atoms with Gasteiger partial charge >= 0.3 is 0 Å². The maximum Gasteiger partial charge on any atom is 0.244 e. The van der Waals surface area contributed by atoms with Gasteiger partial charge in [0.05, 0.1) is 35.6 Å². The Morgan fingerprint density at radius 3 is 2.62 bits per heavy atom. The lowest BCUT2D eigenvalue weighted by atomic mass is 10.1. The fourth-order valence-corrected chi connectivity index (χ4v) is 2.58. The maximum absolute atomic E-state index is 12.2. The number of nitrogens with zero attached hydrogens (tertiary/aromatic N) is 2. The van der Waals surface area contributed by atoms with Crippen LogP contribution in [0, 0.1) is 0 Å². The molecule has 0 saturated carbocycles. The molecule has 1 amide bonds. The first kappa shape index (κ1) is 17.6. The zero-order chi connectivity index (χ0) is 18.4. The molecule has 5 nitrogen and oxygen atoms in total. The van der Waals surface area contributed by atoms with Crippen molar-refractivity contribution in [1.82, 2.24) is 15.3 Å². The second-order valence-corrected chi connectivity index (χ2v) is 5.85. The summed E-state index contributed by atoms with van der Waals surface area (Å²) >= 11 is 0. The van der Waals surface area contributed by atoms with Crippen LogP contribution < -0.4 is 10.1 Å². The van der Waals surface area contributed by atoms with E-state index in [2.05, 4.69) is 15.3 Å². The van der Waals surface area contributed by atoms with Gasteiger partial charge in [0.2, 0.25) is 5.91 Å². The third kappa shape index (κ3) is 4.45. The predicted molar refractivity (Wildman–Crippen MR) is 103 cm³/mol. The Morgan fingerprint density at radius 1 is 1.15 bits per heavy atom. The Labute approximate surface area is 152 Å². The minimum atomic E-state index is -0.179. The molecule has 3 rings (SSSR count). The number of rotatable bonds is 6. The summed E-state index contributed by atoms with van der Waals surface area (Å²) in [4.78, 5) is 21.0. The molecule has 26 heavy (non-hydrogen) atoms. The lowest BCUT2D eigenvalue weighted by molar-refractivity contribution is -0.117. The molecule has 1 atom stereocenters. The van der Waals surface area contributed by atoms with Crippen molar-refractivity contribution in [2.24, 2.45) is 0 Å². The van der Waals surface area contributed by atoms with Gasteiger partial charge in [0.15, 0.2) is 0 Å². The van der Waals surface area contributed by atoms with Crippen LogP contribution in [0.4, 0.5) is 0 Å². The summed E-state index contributed by atoms with van der Waals surface area (Å²) < 4.78 is 5.43. The van der Waals surface area contributed by atoms with E-state index in [0.29, 0.717) is 12.3 Å². The van der Waals surface area contributed by atoms with E-state index in [9.17, 15) is 4.79 Å². The molecule has 0 fully saturated rings. The molecule has 1 heterocycles. The highest BCUT2D eigenvalue weighted by molar-refractivity contribution is 5.92. The first-order valence-electron chi connectivity index (χ1n) is 8.59. The number of fused-ring (bicyclic) bond motifs is 1. The number of carbonyl (C=O) groups is 1. The van der Waals surface area contributed by atoms with Crippen LogP contribution in [0.2, 0.25) is 0 Å². The SMILES string of the molecule is CCOc1ccc(C(C)NC(=O)/C=C/c2cnc3ccccc3n2)cc1. The average molecular weight is 347 g/mol. The topological polar surface area (TPSA) is 64.1 Å². The summed E-state index contributed by atoms with van der Waals surface area (Å²) in [6.07, 6.45) is 4.80. The van der Waals surface area contributed by atoms with Crippen molar-refractivity contribution < 1.29 is 9.53 Å². The van der Waals surface area contributed by atoms with Crippen molar-refractivity contribution in [3.8, 4) is 5.75 Å². The van der Waals surface area contributed by atoms with Gasteiger partial charge in [0.1, 0.15) is 5.75 Å². The third-order valence-corrected chi connectivity index (χ3v) is 3.92. The molecule has 5 heteroatoms. The van der Waals surface area contributed by atoms with Crippen molar-refractivity contribution in [3.63, 3.8) is 0 Å². The van der Waals surface area contributed by atoms with Gasteiger partial charge in [0.25, 0.3) is 0 Å². The number of aromatic nitrogens is 2. The quantitative estimate of drug-likeness (QED) is 0.687. The summed E-state index contributed by atoms with van der Waals surface area (Å²) in [5.41, 5.74) is 3.30. The maximum atomic E-state index is 12.2. The van der Waals surface area contributed by atoms with Gasteiger partial charge in [-0.1, -0.05) is 24.3 Å². The van der Waals surface area contributed by atoms with E-state index >= 15 is 0 Å². The predicted octanol–water partition coefficient (Wildman–Crippen LogP) is 3.92. The Kier molecular flexibility index (Phi) is 5.59. The van der Waals surface area contributed by atoms with Crippen LogP contribution in [0.15, 0.2) is 60.8 Å². The second-order valence-electron chi connectivity index (χ2n) is 5.85. The summed E-state index contributed by atoms with van der Waals surface area (Å²) in [7, 11) is 0. The molecule has 0 aliphatic carbocycles. The standard InChI is InChI=1S/C21H21N3O2/c1-3-26-18-11-8-16(9-12-18)15(2)23-21(25)13-10-17-14-22-19-6-4-5-7-20(19)24-17/h4-15H,3H2,1-2H3,(H,23,25)/b13-10+. The lowest BCUT2D eigenvalue weighted by Gasteiger charge is -2.13. The van der Waals surface area contributed by atoms with Gasteiger partial charge in [-0.2, -0.15) is 0 Å². The Bertz CT molecular complexity index is 920. The van der Waals surface area contributed by atoms with Crippen LogP contribution >= 0.6 is 0 Å². The fraction of sp³-hybridized carbons (Fsp3) is 0.190. The number of benzene rings is 2. The number of amides is 1. The zero-order valence-corrected chi connectivity index (χ0v) is 14.8. The molecule has 132 valence electrons. The van der Waals surface area contributed by atoms with E-state index in [1.807, 2.05) is 62.4 Å². The van der Waals surface area contributed by atoms with Crippen LogP contribution in [-0.2, 0) is 4.79 Å². The van der Waals surface area contributed by atoms with Gasteiger partial charge in [-0.15, -0.1) is 0 Å². The van der Waals surface area contributed by atoms with Crippen LogP contribution in [-0.4, -0.2) is 22.5 Å². The van der Waals surface area contributed by atoms with Crippen molar-refractivity contribution >= 4 is 23.0 Å². The average Bonchev–Trinajstić information content (AvgIpc) is 2.67. The molecule has 0 bridgehead atoms. The van der Waals surface area contributed by atoms with Gasteiger partial charge in [-0.05, 0) is 49.8 Å². The highest BCUT2D eigenvalue weighted by atomic mass is 16.5. The minimum absolute atomic E-state index is 0.106. The number of carbonyl (C=O) groups excluding carboxylic acids is 1. The van der Waals surface area contributed by atoms with E-state index in [-0.39, 0.29) is 11.9 Å². The third-order valence-electron chi connectivity index (χ3n) is 3.92. The van der Waals surface area contributed by atoms with E-state index in [1.165, 1.54) is 6.08 Å². The Morgan fingerprint density at radius 2 is 1.88 bits per heavy atom. The van der Waals surface area contributed by atoms with Crippen molar-refractivity contribution in [2.75, 3.05) is 6.61 Å². The summed E-state index contributed by atoms with van der Waals surface area (Å²) in [6, 6.07) is 15.2. The molecule has 0 saturated heterocycles. The number of para-hydroxylation sites is 2. The van der Waals surface area contributed by atoms with Crippen LogP contribution in [0.25, 0.3) is 17.1 Å². The molecule has 3 aromatic rings. The molecule has 1 aromatic heterocycles. The van der Waals surface area contributed by atoms with E-state index in [0.717, 1.165) is 22.3 Å². The smallest absolute Gasteiger partial charge is 0.244 e. The molecule has 0 aliphatic rings. The number of ether oxygens (including phenoxy) is 1. The minimum Gasteiger partial charge on any atom is -0.494 e. The first-order chi connectivity index (χ1) is 12.7. The van der Waals surface area contributed by atoms with E-state index in [1.54, 1.807) is 12.3 Å². The second kappa shape index (κ2) is 8.25. The number of hydrogen-bond acceptors (Lipinski definition) is 4. The van der Waals surface area contributed by atoms with E-state index < -0.39 is 0 Å². The summed E-state index contributed by atoms with van der Waals surface area (Å²) in [6.45, 7) is 4.52. The Balaban J connectivity index is 1.62. The molecule has 2 aromatic carbocycles. The molecule has 0 aliphatic heterocycles. The van der Waals surface area contributed by atoms with E-state index in [4.69, 9.17) is 4.74 Å². The molecule has 0 spiro atoms. The zero-order valence-electron chi connectivity index (χ0n) is 14.8. The molecule has 0 radical (unpaired) electrons. The Hall–Kier alpha value is -3.21. The highest BCUT2D eigenvalue weighted by Crippen LogP contribution is 2.17. The normalized spacial score (nSPS) is 12.2. The largest absolute Gasteiger partial charge is 0.494 e. The van der Waals surface area contributed by atoms with Gasteiger partial charge < -0.3 is 10.1 Å². The van der Waals surface area contributed by atoms with Crippen LogP contribution in [0.3, 0.4) is 0 Å². The summed E-state index contributed by atoms with van der Waals surface area (Å²) in [5.74, 6) is 0.644. The van der Waals surface area contributed by atoms with Gasteiger partial charge in [-0.25, -0.2) is 4.98 Å². The van der Waals surface area contributed by atoms with Gasteiger partial charge in [0, 0.05) is 6.08 Å².